The lowest BCUT2D eigenvalue weighted by Gasteiger charge is -2.09. The number of Topliss-reactive ketones (excluding diaryl/α,β-unsaturated/α-hetero) is 1. The van der Waals surface area contributed by atoms with Crippen LogP contribution in [0.25, 0.3) is 11.0 Å². The van der Waals surface area contributed by atoms with E-state index in [9.17, 15) is 9.18 Å². The minimum Gasteiger partial charge on any atom is -0.461 e. The average molecular weight is 232 g/mol. The molecule has 0 N–H and O–H groups in total. The van der Waals surface area contributed by atoms with Crippen molar-refractivity contribution in [2.75, 3.05) is 0 Å². The molecular formula is C14H13FO2. The van der Waals surface area contributed by atoms with Crippen LogP contribution in [-0.2, 0) is 4.79 Å². The zero-order valence-electron chi connectivity index (χ0n) is 9.57. The second-order valence-corrected chi connectivity index (χ2v) is 4.73. The van der Waals surface area contributed by atoms with E-state index < -0.39 is 0 Å². The summed E-state index contributed by atoms with van der Waals surface area (Å²) in [6.07, 6.45) is 1.46. The van der Waals surface area contributed by atoms with Crippen molar-refractivity contribution in [2.24, 2.45) is 5.92 Å². The fourth-order valence-corrected chi connectivity index (χ4v) is 2.61. The molecule has 3 rings (SSSR count). The van der Waals surface area contributed by atoms with Gasteiger partial charge in [-0.25, -0.2) is 4.39 Å². The zero-order valence-corrected chi connectivity index (χ0v) is 9.57. The number of halogens is 1. The maximum atomic E-state index is 13.1. The number of benzene rings is 1. The SMILES string of the molecule is CC1C(=O)CCC1c1cc2cc(F)ccc2o1. The Labute approximate surface area is 98.4 Å². The number of carbonyl (C=O) groups is 1. The molecule has 1 fully saturated rings. The van der Waals surface area contributed by atoms with E-state index in [0.717, 1.165) is 17.6 Å². The van der Waals surface area contributed by atoms with Crippen LogP contribution in [0.15, 0.2) is 28.7 Å². The quantitative estimate of drug-likeness (QED) is 0.751. The Morgan fingerprint density at radius 1 is 1.35 bits per heavy atom. The maximum Gasteiger partial charge on any atom is 0.136 e. The number of hydrogen-bond acceptors (Lipinski definition) is 2. The zero-order chi connectivity index (χ0) is 12.0. The number of furan rings is 1. The van der Waals surface area contributed by atoms with Crippen LogP contribution in [0, 0.1) is 11.7 Å². The molecule has 0 bridgehead atoms. The summed E-state index contributed by atoms with van der Waals surface area (Å²) in [5, 5.41) is 0.770. The smallest absolute Gasteiger partial charge is 0.136 e. The third kappa shape index (κ3) is 1.66. The summed E-state index contributed by atoms with van der Waals surface area (Å²) in [5.41, 5.74) is 0.688. The van der Waals surface area contributed by atoms with Gasteiger partial charge in [-0.3, -0.25) is 4.79 Å². The molecule has 0 aliphatic heterocycles. The van der Waals surface area contributed by atoms with Crippen molar-refractivity contribution in [3.05, 3.63) is 35.8 Å². The third-order valence-corrected chi connectivity index (χ3v) is 3.68. The molecule has 88 valence electrons. The number of ketones is 1. The van der Waals surface area contributed by atoms with Crippen LogP contribution in [-0.4, -0.2) is 5.78 Å². The second kappa shape index (κ2) is 3.69. The van der Waals surface area contributed by atoms with E-state index in [-0.39, 0.29) is 17.7 Å². The van der Waals surface area contributed by atoms with Gasteiger partial charge >= 0.3 is 0 Å². The van der Waals surface area contributed by atoms with E-state index in [1.165, 1.54) is 12.1 Å². The maximum absolute atomic E-state index is 13.1. The van der Waals surface area contributed by atoms with E-state index in [0.29, 0.717) is 17.8 Å². The van der Waals surface area contributed by atoms with Gasteiger partial charge in [0, 0.05) is 23.6 Å². The van der Waals surface area contributed by atoms with Gasteiger partial charge in [0.05, 0.1) is 0 Å². The van der Waals surface area contributed by atoms with E-state index in [2.05, 4.69) is 0 Å². The molecule has 2 nitrogen and oxygen atoms in total. The number of hydrogen-bond donors (Lipinski definition) is 0. The molecule has 0 amide bonds. The first-order valence-corrected chi connectivity index (χ1v) is 5.87. The van der Waals surface area contributed by atoms with E-state index >= 15 is 0 Å². The molecule has 1 heterocycles. The summed E-state index contributed by atoms with van der Waals surface area (Å²) < 4.78 is 18.8. The minimum absolute atomic E-state index is 0.0143. The van der Waals surface area contributed by atoms with Crippen molar-refractivity contribution in [2.45, 2.75) is 25.7 Å². The van der Waals surface area contributed by atoms with Crippen molar-refractivity contribution in [1.82, 2.24) is 0 Å². The van der Waals surface area contributed by atoms with Gasteiger partial charge in [-0.2, -0.15) is 0 Å². The van der Waals surface area contributed by atoms with Crippen molar-refractivity contribution in [3.63, 3.8) is 0 Å². The molecule has 0 spiro atoms. The lowest BCUT2D eigenvalue weighted by molar-refractivity contribution is -0.120. The van der Waals surface area contributed by atoms with Crippen LogP contribution in [0.2, 0.25) is 0 Å². The van der Waals surface area contributed by atoms with Crippen molar-refractivity contribution in [3.8, 4) is 0 Å². The van der Waals surface area contributed by atoms with Gasteiger partial charge in [-0.1, -0.05) is 6.92 Å². The Morgan fingerprint density at radius 2 is 2.18 bits per heavy atom. The molecule has 3 heteroatoms. The highest BCUT2D eigenvalue weighted by atomic mass is 19.1. The largest absolute Gasteiger partial charge is 0.461 e. The highest BCUT2D eigenvalue weighted by Crippen LogP contribution is 2.39. The predicted octanol–water partition coefficient (Wildman–Crippen LogP) is 3.65. The van der Waals surface area contributed by atoms with Crippen LogP contribution in [0.5, 0.6) is 0 Å². The van der Waals surface area contributed by atoms with Crippen LogP contribution in [0.1, 0.15) is 31.4 Å². The van der Waals surface area contributed by atoms with Gasteiger partial charge < -0.3 is 4.42 Å². The highest BCUT2D eigenvalue weighted by Gasteiger charge is 2.34. The van der Waals surface area contributed by atoms with Gasteiger partial charge in [0.25, 0.3) is 0 Å². The normalized spacial score (nSPS) is 24.7. The fourth-order valence-electron chi connectivity index (χ4n) is 2.61. The van der Waals surface area contributed by atoms with Gasteiger partial charge in [0.2, 0.25) is 0 Å². The fraction of sp³-hybridized carbons (Fsp3) is 0.357. The molecule has 1 aromatic carbocycles. The summed E-state index contributed by atoms with van der Waals surface area (Å²) in [6, 6.07) is 6.34. The lowest BCUT2D eigenvalue weighted by atomic mass is 9.95. The summed E-state index contributed by atoms with van der Waals surface area (Å²) in [4.78, 5) is 11.5. The third-order valence-electron chi connectivity index (χ3n) is 3.68. The first-order valence-electron chi connectivity index (χ1n) is 5.87. The van der Waals surface area contributed by atoms with E-state index in [4.69, 9.17) is 4.42 Å². The Bertz CT molecular complexity index is 585. The minimum atomic E-state index is -0.264. The van der Waals surface area contributed by atoms with Crippen LogP contribution in [0.3, 0.4) is 0 Å². The van der Waals surface area contributed by atoms with Crippen LogP contribution in [0.4, 0.5) is 4.39 Å². The molecule has 2 atom stereocenters. The van der Waals surface area contributed by atoms with Crippen molar-refractivity contribution in [1.29, 1.82) is 0 Å². The Balaban J connectivity index is 2.04. The van der Waals surface area contributed by atoms with Gasteiger partial charge in [-0.15, -0.1) is 0 Å². The second-order valence-electron chi connectivity index (χ2n) is 4.73. The molecular weight excluding hydrogens is 219 g/mol. The Hall–Kier alpha value is -1.64. The lowest BCUT2D eigenvalue weighted by Crippen LogP contribution is -2.07. The first-order chi connectivity index (χ1) is 8.15. The summed E-state index contributed by atoms with van der Waals surface area (Å²) >= 11 is 0. The Kier molecular flexibility index (Phi) is 2.28. The highest BCUT2D eigenvalue weighted by molar-refractivity contribution is 5.84. The van der Waals surface area contributed by atoms with E-state index in [1.54, 1.807) is 6.07 Å². The molecule has 1 aromatic heterocycles. The number of fused-ring (bicyclic) bond motifs is 1. The summed E-state index contributed by atoms with van der Waals surface area (Å²) in [6.45, 7) is 1.94. The number of carbonyl (C=O) groups excluding carboxylic acids is 1. The van der Waals surface area contributed by atoms with Gasteiger partial charge in [-0.05, 0) is 30.7 Å². The molecule has 0 saturated heterocycles. The first kappa shape index (κ1) is 10.5. The number of rotatable bonds is 1. The Morgan fingerprint density at radius 3 is 2.88 bits per heavy atom. The molecule has 1 aliphatic rings. The van der Waals surface area contributed by atoms with Crippen LogP contribution < -0.4 is 0 Å². The van der Waals surface area contributed by atoms with Crippen molar-refractivity contribution < 1.29 is 13.6 Å². The predicted molar refractivity (Wildman–Crippen MR) is 62.3 cm³/mol. The molecule has 0 radical (unpaired) electrons. The molecule has 1 saturated carbocycles. The monoisotopic (exact) mass is 232 g/mol. The standard InChI is InChI=1S/C14H13FO2/c1-8-11(3-4-12(8)16)14-7-9-6-10(15)2-5-13(9)17-14/h2,5-8,11H,3-4H2,1H3. The van der Waals surface area contributed by atoms with Crippen LogP contribution >= 0.6 is 0 Å². The topological polar surface area (TPSA) is 30.2 Å². The molecule has 17 heavy (non-hydrogen) atoms. The van der Waals surface area contributed by atoms with Gasteiger partial charge in [0.15, 0.2) is 0 Å². The average Bonchev–Trinajstić information content (AvgIpc) is 2.83. The van der Waals surface area contributed by atoms with E-state index in [1.807, 2.05) is 13.0 Å². The summed E-state index contributed by atoms with van der Waals surface area (Å²) in [7, 11) is 0. The summed E-state index contributed by atoms with van der Waals surface area (Å²) in [5.74, 6) is 1.00. The van der Waals surface area contributed by atoms with Crippen molar-refractivity contribution >= 4 is 16.8 Å². The van der Waals surface area contributed by atoms with Gasteiger partial charge in [0.1, 0.15) is 22.9 Å². The molecule has 1 aliphatic carbocycles. The molecule has 2 unspecified atom stereocenters. The molecule has 2 aromatic rings.